The van der Waals surface area contributed by atoms with E-state index in [4.69, 9.17) is 4.74 Å². The molecular formula is C25H24N2O3. The van der Waals surface area contributed by atoms with Gasteiger partial charge in [-0.1, -0.05) is 54.6 Å². The van der Waals surface area contributed by atoms with Crippen LogP contribution in [0.2, 0.25) is 0 Å². The van der Waals surface area contributed by atoms with Crippen LogP contribution in [0.15, 0.2) is 72.8 Å². The van der Waals surface area contributed by atoms with E-state index in [0.717, 1.165) is 22.4 Å². The molecule has 0 bridgehead atoms. The molecule has 0 saturated carbocycles. The van der Waals surface area contributed by atoms with Crippen LogP contribution in [0.25, 0.3) is 0 Å². The number of amides is 2. The van der Waals surface area contributed by atoms with E-state index in [1.54, 1.807) is 23.0 Å². The summed E-state index contributed by atoms with van der Waals surface area (Å²) in [6.07, 6.45) is 0. The van der Waals surface area contributed by atoms with Gasteiger partial charge in [0.2, 0.25) is 5.91 Å². The summed E-state index contributed by atoms with van der Waals surface area (Å²) in [5.41, 5.74) is 4.20. The van der Waals surface area contributed by atoms with E-state index >= 15 is 0 Å². The Bertz CT molecular complexity index is 1090. The predicted octanol–water partition coefficient (Wildman–Crippen LogP) is 4.43. The molecule has 4 rings (SSSR count). The Morgan fingerprint density at radius 3 is 2.23 bits per heavy atom. The number of carbonyl (C=O) groups is 2. The van der Waals surface area contributed by atoms with Crippen molar-refractivity contribution in [1.82, 2.24) is 0 Å². The molecule has 1 saturated heterocycles. The summed E-state index contributed by atoms with van der Waals surface area (Å²) in [6, 6.07) is 21.8. The number of methoxy groups -OCH3 is 1. The van der Waals surface area contributed by atoms with Crippen molar-refractivity contribution in [1.29, 1.82) is 0 Å². The molecule has 1 atom stereocenters. The molecule has 0 aromatic heterocycles. The molecule has 1 fully saturated rings. The van der Waals surface area contributed by atoms with Crippen LogP contribution in [0.3, 0.4) is 0 Å². The molecule has 0 spiro atoms. The Morgan fingerprint density at radius 2 is 1.50 bits per heavy atom. The summed E-state index contributed by atoms with van der Waals surface area (Å²) in [4.78, 5) is 30.4. The topological polar surface area (TPSA) is 49.9 Å². The molecule has 5 heteroatoms. The molecule has 0 N–H and O–H groups in total. The maximum Gasteiger partial charge on any atom is 0.255 e. The minimum absolute atomic E-state index is 0.0233. The predicted molar refractivity (Wildman–Crippen MR) is 118 cm³/mol. The zero-order valence-corrected chi connectivity index (χ0v) is 17.3. The fraction of sp³-hybridized carbons (Fsp3) is 0.200. The van der Waals surface area contributed by atoms with Gasteiger partial charge in [-0.05, 0) is 48.7 Å². The number of carbonyl (C=O) groups excluding carboxylic acids is 2. The molecular weight excluding hydrogens is 376 g/mol. The van der Waals surface area contributed by atoms with Gasteiger partial charge in [0.1, 0.15) is 18.3 Å². The smallest absolute Gasteiger partial charge is 0.255 e. The number of aryl methyl sites for hydroxylation is 1. The van der Waals surface area contributed by atoms with Crippen molar-refractivity contribution >= 4 is 23.2 Å². The molecule has 5 nitrogen and oxygen atoms in total. The highest BCUT2D eigenvalue weighted by Crippen LogP contribution is 2.39. The van der Waals surface area contributed by atoms with Gasteiger partial charge < -0.3 is 9.64 Å². The molecule has 0 aliphatic carbocycles. The first-order chi connectivity index (χ1) is 14.5. The van der Waals surface area contributed by atoms with Crippen molar-refractivity contribution in [3.05, 3.63) is 89.5 Å². The molecule has 1 heterocycles. The van der Waals surface area contributed by atoms with E-state index in [9.17, 15) is 9.59 Å². The zero-order valence-electron chi connectivity index (χ0n) is 17.3. The third-order valence-electron chi connectivity index (χ3n) is 5.65. The van der Waals surface area contributed by atoms with Crippen molar-refractivity contribution in [2.75, 3.05) is 23.5 Å². The molecule has 1 aliphatic rings. The summed E-state index contributed by atoms with van der Waals surface area (Å²) >= 11 is 0. The van der Waals surface area contributed by atoms with Crippen LogP contribution < -0.4 is 14.5 Å². The Morgan fingerprint density at radius 1 is 0.833 bits per heavy atom. The van der Waals surface area contributed by atoms with Gasteiger partial charge >= 0.3 is 0 Å². The lowest BCUT2D eigenvalue weighted by atomic mass is 9.98. The maximum atomic E-state index is 13.8. The van der Waals surface area contributed by atoms with Crippen LogP contribution in [-0.2, 0) is 9.59 Å². The van der Waals surface area contributed by atoms with E-state index in [1.165, 1.54) is 0 Å². The average Bonchev–Trinajstić information content (AvgIpc) is 2.77. The first-order valence-corrected chi connectivity index (χ1v) is 9.90. The lowest BCUT2D eigenvalue weighted by Crippen LogP contribution is -2.56. The fourth-order valence-electron chi connectivity index (χ4n) is 3.95. The Kier molecular flexibility index (Phi) is 5.27. The van der Waals surface area contributed by atoms with Gasteiger partial charge in [-0.15, -0.1) is 0 Å². The van der Waals surface area contributed by atoms with Gasteiger partial charge in [-0.3, -0.25) is 14.5 Å². The third-order valence-corrected chi connectivity index (χ3v) is 5.65. The highest BCUT2D eigenvalue weighted by atomic mass is 16.5. The van der Waals surface area contributed by atoms with Gasteiger partial charge in [0.25, 0.3) is 5.91 Å². The number of ether oxygens (including phenoxy) is 1. The average molecular weight is 400 g/mol. The number of anilines is 2. The molecule has 0 radical (unpaired) electrons. The molecule has 1 unspecified atom stereocenters. The second kappa shape index (κ2) is 8.03. The number of hydrogen-bond donors (Lipinski definition) is 0. The number of para-hydroxylation sites is 2. The Labute approximate surface area is 176 Å². The lowest BCUT2D eigenvalue weighted by molar-refractivity contribution is -0.128. The molecule has 2 amide bonds. The number of piperazine rings is 1. The summed E-state index contributed by atoms with van der Waals surface area (Å²) in [6.45, 7) is 3.96. The van der Waals surface area contributed by atoms with Crippen molar-refractivity contribution < 1.29 is 14.3 Å². The van der Waals surface area contributed by atoms with Crippen LogP contribution in [-0.4, -0.2) is 25.5 Å². The maximum absolute atomic E-state index is 13.8. The van der Waals surface area contributed by atoms with E-state index in [-0.39, 0.29) is 18.4 Å². The van der Waals surface area contributed by atoms with Crippen molar-refractivity contribution in [2.45, 2.75) is 19.9 Å². The lowest BCUT2D eigenvalue weighted by Gasteiger charge is -2.41. The first-order valence-electron chi connectivity index (χ1n) is 9.90. The quantitative estimate of drug-likeness (QED) is 0.651. The van der Waals surface area contributed by atoms with Gasteiger partial charge in [-0.2, -0.15) is 0 Å². The Balaban J connectivity index is 1.86. The van der Waals surface area contributed by atoms with E-state index in [2.05, 4.69) is 0 Å². The minimum atomic E-state index is -0.774. The zero-order chi connectivity index (χ0) is 21.3. The minimum Gasteiger partial charge on any atom is -0.495 e. The molecule has 3 aromatic carbocycles. The summed E-state index contributed by atoms with van der Waals surface area (Å²) in [5, 5.41) is 0. The molecule has 3 aromatic rings. The van der Waals surface area contributed by atoms with Crippen LogP contribution in [0.1, 0.15) is 22.7 Å². The number of rotatable bonds is 4. The van der Waals surface area contributed by atoms with Crippen molar-refractivity contribution in [3.63, 3.8) is 0 Å². The van der Waals surface area contributed by atoms with E-state index in [1.807, 2.05) is 80.6 Å². The van der Waals surface area contributed by atoms with Gasteiger partial charge in [0, 0.05) is 5.69 Å². The standard InChI is InChI=1S/C25H24N2O3/c1-17-10-9-14-20(18(17)2)26-16-23(28)27(21-13-7-8-15-22(21)30-3)24(25(26)29)19-11-5-4-6-12-19/h4-15,24H,16H2,1-3H3. The second-order valence-corrected chi connectivity index (χ2v) is 7.39. The molecule has 30 heavy (non-hydrogen) atoms. The molecule has 1 aliphatic heterocycles. The summed E-state index contributed by atoms with van der Waals surface area (Å²) in [7, 11) is 1.56. The summed E-state index contributed by atoms with van der Waals surface area (Å²) < 4.78 is 5.49. The van der Waals surface area contributed by atoms with Gasteiger partial charge in [0.15, 0.2) is 0 Å². The second-order valence-electron chi connectivity index (χ2n) is 7.39. The third kappa shape index (κ3) is 3.32. The van der Waals surface area contributed by atoms with E-state index < -0.39 is 6.04 Å². The van der Waals surface area contributed by atoms with Crippen LogP contribution >= 0.6 is 0 Å². The highest BCUT2D eigenvalue weighted by molar-refractivity contribution is 6.15. The van der Waals surface area contributed by atoms with Crippen molar-refractivity contribution in [2.24, 2.45) is 0 Å². The fourth-order valence-corrected chi connectivity index (χ4v) is 3.95. The number of benzene rings is 3. The largest absolute Gasteiger partial charge is 0.495 e. The van der Waals surface area contributed by atoms with Crippen molar-refractivity contribution in [3.8, 4) is 5.75 Å². The SMILES string of the molecule is COc1ccccc1N1C(=O)CN(c2cccc(C)c2C)C(=O)C1c1ccccc1. The normalized spacial score (nSPS) is 16.7. The van der Waals surface area contributed by atoms with Crippen LogP contribution in [0.4, 0.5) is 11.4 Å². The van der Waals surface area contributed by atoms with Crippen LogP contribution in [0, 0.1) is 13.8 Å². The number of nitrogens with zero attached hydrogens (tertiary/aromatic N) is 2. The number of hydrogen-bond acceptors (Lipinski definition) is 3. The van der Waals surface area contributed by atoms with E-state index in [0.29, 0.717) is 11.4 Å². The molecule has 152 valence electrons. The monoisotopic (exact) mass is 400 g/mol. The first kappa shape index (κ1) is 19.7. The highest BCUT2D eigenvalue weighted by Gasteiger charge is 2.43. The Hall–Kier alpha value is -3.60. The van der Waals surface area contributed by atoms with Gasteiger partial charge in [0.05, 0.1) is 12.8 Å². The summed E-state index contributed by atoms with van der Waals surface area (Å²) in [5.74, 6) is 0.258. The van der Waals surface area contributed by atoms with Gasteiger partial charge in [-0.25, -0.2) is 0 Å². The van der Waals surface area contributed by atoms with Crippen LogP contribution in [0.5, 0.6) is 5.75 Å².